The van der Waals surface area contributed by atoms with Gasteiger partial charge in [-0.15, -0.1) is 0 Å². The van der Waals surface area contributed by atoms with E-state index in [0.717, 1.165) is 0 Å². The third kappa shape index (κ3) is 2.35. The van der Waals surface area contributed by atoms with Crippen LogP contribution in [0.3, 0.4) is 0 Å². The fourth-order valence-electron chi connectivity index (χ4n) is 2.18. The highest BCUT2D eigenvalue weighted by Crippen LogP contribution is 2.41. The first-order chi connectivity index (χ1) is 9.25. The molecule has 0 aliphatic rings. The Bertz CT molecular complexity index is 562. The molecule has 0 amide bonds. The second kappa shape index (κ2) is 4.81. The minimum atomic E-state index is -1.64. The van der Waals surface area contributed by atoms with E-state index in [4.69, 9.17) is 0 Å². The Morgan fingerprint density at radius 3 is 1.35 bits per heavy atom. The molecule has 2 aromatic carbocycles. The normalized spacial score (nSPS) is 17.2. The van der Waals surface area contributed by atoms with Crippen molar-refractivity contribution in [1.82, 2.24) is 0 Å². The first-order valence-corrected chi connectivity index (χ1v) is 6.29. The van der Waals surface area contributed by atoms with Crippen LogP contribution in [0.2, 0.25) is 0 Å². The van der Waals surface area contributed by atoms with Gasteiger partial charge in [0.15, 0.2) is 0 Å². The molecule has 2 unspecified atom stereocenters. The van der Waals surface area contributed by atoms with Gasteiger partial charge in [0.05, 0.1) is 0 Å². The SMILES string of the molecule is CC(O)(c1cccc(O)c1)C(C)(O)c1cccc(O)c1. The molecule has 20 heavy (non-hydrogen) atoms. The van der Waals surface area contributed by atoms with Gasteiger partial charge in [-0.05, 0) is 49.2 Å². The zero-order valence-corrected chi connectivity index (χ0v) is 11.4. The van der Waals surface area contributed by atoms with Crippen molar-refractivity contribution in [2.45, 2.75) is 25.0 Å². The molecule has 0 saturated heterocycles. The number of hydrogen-bond acceptors (Lipinski definition) is 4. The summed E-state index contributed by atoms with van der Waals surface area (Å²) in [5, 5.41) is 40.5. The van der Waals surface area contributed by atoms with Gasteiger partial charge >= 0.3 is 0 Å². The monoisotopic (exact) mass is 274 g/mol. The average molecular weight is 274 g/mol. The summed E-state index contributed by atoms with van der Waals surface area (Å²) in [5.41, 5.74) is -2.52. The fourth-order valence-corrected chi connectivity index (χ4v) is 2.18. The third-order valence-electron chi connectivity index (χ3n) is 3.76. The molecule has 0 spiro atoms. The molecule has 4 nitrogen and oxygen atoms in total. The maximum Gasteiger partial charge on any atom is 0.119 e. The molecule has 0 radical (unpaired) electrons. The third-order valence-corrected chi connectivity index (χ3v) is 3.76. The number of phenols is 2. The van der Waals surface area contributed by atoms with E-state index in [1.165, 1.54) is 38.1 Å². The predicted molar refractivity (Wildman–Crippen MR) is 75.4 cm³/mol. The van der Waals surface area contributed by atoms with Crippen LogP contribution in [-0.2, 0) is 11.2 Å². The first kappa shape index (κ1) is 14.4. The van der Waals surface area contributed by atoms with E-state index in [1.54, 1.807) is 24.3 Å². The molecule has 0 aliphatic carbocycles. The van der Waals surface area contributed by atoms with Crippen molar-refractivity contribution in [2.24, 2.45) is 0 Å². The van der Waals surface area contributed by atoms with Gasteiger partial charge < -0.3 is 20.4 Å². The summed E-state index contributed by atoms with van der Waals surface area (Å²) in [5.74, 6) is 0.0176. The second-order valence-electron chi connectivity index (χ2n) is 5.25. The fraction of sp³-hybridized carbons (Fsp3) is 0.250. The van der Waals surface area contributed by atoms with E-state index in [1.807, 2.05) is 0 Å². The molecule has 0 aromatic heterocycles. The van der Waals surface area contributed by atoms with Crippen LogP contribution in [0.15, 0.2) is 48.5 Å². The van der Waals surface area contributed by atoms with Crippen molar-refractivity contribution in [2.75, 3.05) is 0 Å². The summed E-state index contributed by atoms with van der Waals surface area (Å²) in [4.78, 5) is 0. The Kier molecular flexibility index (Phi) is 3.46. The summed E-state index contributed by atoms with van der Waals surface area (Å²) in [7, 11) is 0. The summed E-state index contributed by atoms with van der Waals surface area (Å²) in [6.07, 6.45) is 0. The van der Waals surface area contributed by atoms with Crippen LogP contribution < -0.4 is 0 Å². The minimum absolute atomic E-state index is 0.00878. The number of rotatable bonds is 3. The highest BCUT2D eigenvalue weighted by atomic mass is 16.4. The smallest absolute Gasteiger partial charge is 0.119 e. The molecule has 0 heterocycles. The molecule has 0 fully saturated rings. The maximum atomic E-state index is 10.7. The zero-order valence-electron chi connectivity index (χ0n) is 11.4. The number of hydrogen-bond donors (Lipinski definition) is 4. The average Bonchev–Trinajstić information content (AvgIpc) is 2.38. The Morgan fingerprint density at radius 2 is 1.05 bits per heavy atom. The summed E-state index contributed by atoms with van der Waals surface area (Å²) < 4.78 is 0. The Balaban J connectivity index is 2.51. The number of phenolic OH excluding ortho intramolecular Hbond substituents is 2. The van der Waals surface area contributed by atoms with E-state index in [2.05, 4.69) is 0 Å². The van der Waals surface area contributed by atoms with Crippen molar-refractivity contribution in [3.63, 3.8) is 0 Å². The van der Waals surface area contributed by atoms with Crippen LogP contribution in [-0.4, -0.2) is 20.4 Å². The summed E-state index contributed by atoms with van der Waals surface area (Å²) >= 11 is 0. The molecular weight excluding hydrogens is 256 g/mol. The lowest BCUT2D eigenvalue weighted by molar-refractivity contribution is -0.143. The topological polar surface area (TPSA) is 80.9 Å². The van der Waals surface area contributed by atoms with Crippen LogP contribution in [0.5, 0.6) is 11.5 Å². The van der Waals surface area contributed by atoms with Gasteiger partial charge in [0.2, 0.25) is 0 Å². The summed E-state index contributed by atoms with van der Waals surface area (Å²) in [6.45, 7) is 2.93. The second-order valence-corrected chi connectivity index (χ2v) is 5.25. The van der Waals surface area contributed by atoms with Crippen molar-refractivity contribution < 1.29 is 20.4 Å². The van der Waals surface area contributed by atoms with E-state index in [0.29, 0.717) is 11.1 Å². The van der Waals surface area contributed by atoms with Gasteiger partial charge in [-0.3, -0.25) is 0 Å². The van der Waals surface area contributed by atoms with Crippen LogP contribution in [0.1, 0.15) is 25.0 Å². The maximum absolute atomic E-state index is 10.7. The van der Waals surface area contributed by atoms with Crippen LogP contribution >= 0.6 is 0 Å². The highest BCUT2D eigenvalue weighted by molar-refractivity contribution is 5.38. The van der Waals surface area contributed by atoms with Gasteiger partial charge in [0.1, 0.15) is 22.7 Å². The molecule has 0 bridgehead atoms. The first-order valence-electron chi connectivity index (χ1n) is 6.29. The molecule has 2 aromatic rings. The Hall–Kier alpha value is -2.04. The van der Waals surface area contributed by atoms with Crippen molar-refractivity contribution in [3.05, 3.63) is 59.7 Å². The molecular formula is C16H18O4. The molecule has 0 aliphatic heterocycles. The lowest BCUT2D eigenvalue weighted by Crippen LogP contribution is -2.45. The molecule has 106 valence electrons. The molecule has 4 N–H and O–H groups in total. The molecule has 2 rings (SSSR count). The van der Waals surface area contributed by atoms with E-state index < -0.39 is 11.2 Å². The molecule has 0 saturated carbocycles. The molecule has 4 heteroatoms. The van der Waals surface area contributed by atoms with Gasteiger partial charge in [0.25, 0.3) is 0 Å². The molecule has 2 atom stereocenters. The standard InChI is InChI=1S/C16H18O4/c1-15(19,11-5-3-7-13(17)9-11)16(2,20)12-6-4-8-14(18)10-12/h3-10,17-20H,1-2H3. The minimum Gasteiger partial charge on any atom is -0.508 e. The Labute approximate surface area is 117 Å². The van der Waals surface area contributed by atoms with Gasteiger partial charge in [-0.25, -0.2) is 0 Å². The lowest BCUT2D eigenvalue weighted by Gasteiger charge is -2.39. The van der Waals surface area contributed by atoms with Gasteiger partial charge in [0, 0.05) is 0 Å². The number of benzene rings is 2. The number of aliphatic hydroxyl groups is 2. The zero-order chi connectivity index (χ0) is 15.0. The Morgan fingerprint density at radius 1 is 0.700 bits per heavy atom. The summed E-state index contributed by atoms with van der Waals surface area (Å²) in [6, 6.07) is 12.2. The van der Waals surface area contributed by atoms with Crippen molar-refractivity contribution in [3.8, 4) is 11.5 Å². The largest absolute Gasteiger partial charge is 0.508 e. The quantitative estimate of drug-likeness (QED) is 0.692. The van der Waals surface area contributed by atoms with E-state index >= 15 is 0 Å². The van der Waals surface area contributed by atoms with Gasteiger partial charge in [-0.1, -0.05) is 24.3 Å². The van der Waals surface area contributed by atoms with E-state index in [-0.39, 0.29) is 11.5 Å². The number of aromatic hydroxyl groups is 2. The van der Waals surface area contributed by atoms with Crippen LogP contribution in [0, 0.1) is 0 Å². The highest BCUT2D eigenvalue weighted by Gasteiger charge is 2.44. The van der Waals surface area contributed by atoms with Crippen LogP contribution in [0.4, 0.5) is 0 Å². The van der Waals surface area contributed by atoms with Crippen molar-refractivity contribution in [1.29, 1.82) is 0 Å². The predicted octanol–water partition coefficient (Wildman–Crippen LogP) is 2.21. The van der Waals surface area contributed by atoms with Crippen LogP contribution in [0.25, 0.3) is 0 Å². The van der Waals surface area contributed by atoms with E-state index in [9.17, 15) is 20.4 Å². The lowest BCUT2D eigenvalue weighted by atomic mass is 9.76. The van der Waals surface area contributed by atoms with Gasteiger partial charge in [-0.2, -0.15) is 0 Å². The van der Waals surface area contributed by atoms with Crippen molar-refractivity contribution >= 4 is 0 Å².